The van der Waals surface area contributed by atoms with Crippen LogP contribution in [0.2, 0.25) is 0 Å². The molecule has 3 aromatic rings. The van der Waals surface area contributed by atoms with Crippen LogP contribution in [-0.4, -0.2) is 44.8 Å². The van der Waals surface area contributed by atoms with E-state index in [0.717, 1.165) is 10.0 Å². The normalized spacial score (nSPS) is 12.2. The Balaban J connectivity index is 1.92. The number of hydrogen-bond donors (Lipinski definition) is 0. The van der Waals surface area contributed by atoms with E-state index in [1.165, 1.54) is 11.7 Å². The van der Waals surface area contributed by atoms with Gasteiger partial charge in [-0.3, -0.25) is 9.36 Å². The van der Waals surface area contributed by atoms with Gasteiger partial charge in [0.05, 0.1) is 25.6 Å². The summed E-state index contributed by atoms with van der Waals surface area (Å²) in [6.45, 7) is 0.781. The number of rotatable bonds is 7. The zero-order valence-corrected chi connectivity index (χ0v) is 18.6. The van der Waals surface area contributed by atoms with Crippen molar-refractivity contribution in [1.82, 2.24) is 4.57 Å². The molecule has 31 heavy (non-hydrogen) atoms. The molecule has 0 unspecified atom stereocenters. The van der Waals surface area contributed by atoms with E-state index in [4.69, 9.17) is 23.7 Å². The molecule has 0 atom stereocenters. The molecule has 0 N–H and O–H groups in total. The lowest BCUT2D eigenvalue weighted by Gasteiger charge is -2.19. The molecule has 0 spiro atoms. The van der Waals surface area contributed by atoms with Crippen LogP contribution in [0.25, 0.3) is 10.8 Å². The van der Waals surface area contributed by atoms with Crippen molar-refractivity contribution in [1.29, 1.82) is 0 Å². The quantitative estimate of drug-likeness (QED) is 0.371. The third kappa shape index (κ3) is 4.11. The predicted octanol–water partition coefficient (Wildman–Crippen LogP) is 3.35. The fraction of sp³-hybridized carbons (Fsp3) is 0.273. The highest BCUT2D eigenvalue weighted by Gasteiger charge is 2.25. The fourth-order valence-corrected chi connectivity index (χ4v) is 3.79. The molecule has 162 valence electrons. The molecule has 0 bridgehead atoms. The summed E-state index contributed by atoms with van der Waals surface area (Å²) in [5, 5.41) is 0.932. The number of benzene rings is 2. The van der Waals surface area contributed by atoms with E-state index in [-0.39, 0.29) is 36.9 Å². The number of ether oxygens (including phenoxy) is 5. The van der Waals surface area contributed by atoms with Gasteiger partial charge in [0.2, 0.25) is 6.79 Å². The first-order chi connectivity index (χ1) is 15.0. The Labute approximate surface area is 186 Å². The first kappa shape index (κ1) is 21.2. The summed E-state index contributed by atoms with van der Waals surface area (Å²) in [6, 6.07) is 10.6. The topological polar surface area (TPSA) is 85.2 Å². The van der Waals surface area contributed by atoms with Crippen LogP contribution >= 0.6 is 15.9 Å². The van der Waals surface area contributed by atoms with Crippen molar-refractivity contribution < 1.29 is 28.5 Å². The van der Waals surface area contributed by atoms with Crippen LogP contribution in [0.4, 0.5) is 0 Å². The Kier molecular flexibility index (Phi) is 6.15. The van der Waals surface area contributed by atoms with Crippen molar-refractivity contribution in [2.24, 2.45) is 0 Å². The van der Waals surface area contributed by atoms with Crippen LogP contribution in [0.3, 0.4) is 0 Å². The second kappa shape index (κ2) is 8.99. The number of methoxy groups -OCH3 is 2. The van der Waals surface area contributed by atoms with Crippen LogP contribution in [0.5, 0.6) is 17.2 Å². The lowest BCUT2D eigenvalue weighted by molar-refractivity contribution is 0.0579. The third-order valence-electron chi connectivity index (χ3n) is 4.88. The number of aromatic nitrogens is 1. The van der Waals surface area contributed by atoms with Gasteiger partial charge in [-0.15, -0.1) is 0 Å². The Hall–Kier alpha value is -3.04. The fourth-order valence-electron chi connectivity index (χ4n) is 3.43. The summed E-state index contributed by atoms with van der Waals surface area (Å²) >= 11 is 3.42. The molecule has 0 aliphatic carbocycles. The molecular weight excluding hydrogens is 470 g/mol. The maximum Gasteiger partial charge on any atom is 0.358 e. The number of halogens is 1. The molecule has 1 aromatic heterocycles. The van der Waals surface area contributed by atoms with Crippen LogP contribution < -0.4 is 19.8 Å². The summed E-state index contributed by atoms with van der Waals surface area (Å²) in [7, 11) is 2.82. The van der Waals surface area contributed by atoms with Crippen molar-refractivity contribution in [3.05, 3.63) is 62.5 Å². The zero-order chi connectivity index (χ0) is 22.0. The number of fused-ring (bicyclic) bond motifs is 2. The molecular formula is C22H20BrNO7. The second-order valence-electron chi connectivity index (χ2n) is 6.78. The monoisotopic (exact) mass is 489 g/mol. The second-order valence-corrected chi connectivity index (χ2v) is 7.70. The van der Waals surface area contributed by atoms with E-state index >= 15 is 0 Å². The van der Waals surface area contributed by atoms with E-state index in [0.29, 0.717) is 28.9 Å². The van der Waals surface area contributed by atoms with Crippen molar-refractivity contribution in [3.8, 4) is 17.2 Å². The Morgan fingerprint density at radius 3 is 2.65 bits per heavy atom. The number of pyridine rings is 1. The van der Waals surface area contributed by atoms with E-state index < -0.39 is 5.97 Å². The van der Waals surface area contributed by atoms with Gasteiger partial charge < -0.3 is 23.7 Å². The predicted molar refractivity (Wildman–Crippen MR) is 116 cm³/mol. The van der Waals surface area contributed by atoms with Gasteiger partial charge in [-0.1, -0.05) is 22.0 Å². The summed E-state index contributed by atoms with van der Waals surface area (Å²) in [4.78, 5) is 26.2. The zero-order valence-electron chi connectivity index (χ0n) is 17.0. The number of carbonyl (C=O) groups excluding carboxylic acids is 1. The van der Waals surface area contributed by atoms with Gasteiger partial charge in [0.25, 0.3) is 5.56 Å². The van der Waals surface area contributed by atoms with Gasteiger partial charge in [-0.25, -0.2) is 4.79 Å². The van der Waals surface area contributed by atoms with Crippen LogP contribution in [0.1, 0.15) is 16.1 Å². The van der Waals surface area contributed by atoms with Gasteiger partial charge in [0.1, 0.15) is 6.61 Å². The van der Waals surface area contributed by atoms with E-state index in [9.17, 15) is 9.59 Å². The van der Waals surface area contributed by atoms with Gasteiger partial charge in [-0.2, -0.15) is 0 Å². The van der Waals surface area contributed by atoms with E-state index in [1.807, 2.05) is 6.07 Å². The van der Waals surface area contributed by atoms with Crippen molar-refractivity contribution in [2.45, 2.75) is 6.54 Å². The molecule has 4 rings (SSSR count). The highest BCUT2D eigenvalue weighted by Crippen LogP contribution is 2.34. The molecule has 0 amide bonds. The van der Waals surface area contributed by atoms with E-state index in [1.54, 1.807) is 37.4 Å². The van der Waals surface area contributed by atoms with Gasteiger partial charge >= 0.3 is 5.97 Å². The smallest absolute Gasteiger partial charge is 0.358 e. The molecule has 0 radical (unpaired) electrons. The highest BCUT2D eigenvalue weighted by molar-refractivity contribution is 9.10. The number of hydrogen-bond acceptors (Lipinski definition) is 7. The molecule has 1 aliphatic rings. The lowest BCUT2D eigenvalue weighted by atomic mass is 10.1. The summed E-state index contributed by atoms with van der Waals surface area (Å²) < 4.78 is 28.9. The van der Waals surface area contributed by atoms with Gasteiger partial charge in [-0.05, 0) is 35.9 Å². The molecule has 0 saturated carbocycles. The number of nitrogens with zero attached hydrogens (tertiary/aromatic N) is 1. The van der Waals surface area contributed by atoms with Crippen molar-refractivity contribution >= 4 is 32.7 Å². The average molecular weight is 490 g/mol. The van der Waals surface area contributed by atoms with Crippen LogP contribution in [-0.2, 0) is 16.0 Å². The first-order valence-corrected chi connectivity index (χ1v) is 10.3. The molecule has 2 aromatic carbocycles. The number of carbonyl (C=O) groups is 1. The van der Waals surface area contributed by atoms with Crippen LogP contribution in [0.15, 0.2) is 45.7 Å². The molecule has 8 nitrogen and oxygen atoms in total. The largest absolute Gasteiger partial charge is 0.488 e. The molecule has 9 heteroatoms. The molecule has 2 heterocycles. The summed E-state index contributed by atoms with van der Waals surface area (Å²) in [6.07, 6.45) is 0. The third-order valence-corrected chi connectivity index (χ3v) is 5.37. The molecule has 1 aliphatic heterocycles. The van der Waals surface area contributed by atoms with Gasteiger partial charge in [0.15, 0.2) is 22.9 Å². The maximum atomic E-state index is 13.4. The minimum Gasteiger partial charge on any atom is -0.488 e. The minimum absolute atomic E-state index is 0.0341. The Morgan fingerprint density at radius 1 is 1.06 bits per heavy atom. The van der Waals surface area contributed by atoms with Crippen molar-refractivity contribution in [2.75, 3.05) is 34.2 Å². The summed E-state index contributed by atoms with van der Waals surface area (Å²) in [5.41, 5.74) is 0.460. The van der Waals surface area contributed by atoms with Crippen molar-refractivity contribution in [3.63, 3.8) is 0 Å². The first-order valence-electron chi connectivity index (χ1n) is 9.48. The molecule has 0 fully saturated rings. The number of esters is 1. The lowest BCUT2D eigenvalue weighted by Crippen LogP contribution is -2.29. The average Bonchev–Trinajstić information content (AvgIpc) is 3.24. The minimum atomic E-state index is -0.674. The summed E-state index contributed by atoms with van der Waals surface area (Å²) in [5.74, 6) is 0.815. The highest BCUT2D eigenvalue weighted by atomic mass is 79.9. The maximum absolute atomic E-state index is 13.4. The van der Waals surface area contributed by atoms with Crippen LogP contribution in [0, 0.1) is 0 Å². The Bertz CT molecular complexity index is 1200. The van der Waals surface area contributed by atoms with Gasteiger partial charge in [0, 0.05) is 17.0 Å². The molecule has 0 saturated heterocycles. The van der Waals surface area contributed by atoms with E-state index in [2.05, 4.69) is 15.9 Å². The standard InChI is InChI=1S/C22H20BrNO7/c1-27-7-8-29-20-16-10-14(23)4-5-15(16)21(25)24(19(20)22(26)28-2)11-13-3-6-17-18(9-13)31-12-30-17/h3-6,9-10H,7-8,11-12H2,1-2H3. The Morgan fingerprint density at radius 2 is 1.87 bits per heavy atom. The SMILES string of the molecule is COCCOc1c(C(=O)OC)n(Cc2ccc3c(c2)OCO3)c(=O)c2ccc(Br)cc12.